The summed E-state index contributed by atoms with van der Waals surface area (Å²) in [5.74, 6) is -0.745. The summed E-state index contributed by atoms with van der Waals surface area (Å²) in [4.78, 5) is 0.368. The molecule has 1 saturated heterocycles. The Labute approximate surface area is 102 Å². The van der Waals surface area contributed by atoms with Crippen molar-refractivity contribution in [1.29, 1.82) is 0 Å². The molecule has 0 bridgehead atoms. The highest BCUT2D eigenvalue weighted by atomic mass is 79.9. The van der Waals surface area contributed by atoms with E-state index in [2.05, 4.69) is 15.9 Å². The second-order valence-electron chi connectivity index (χ2n) is 4.12. The highest BCUT2D eigenvalue weighted by Gasteiger charge is 2.23. The molecule has 1 nitrogen and oxygen atoms in total. The zero-order valence-corrected chi connectivity index (χ0v) is 10.3. The maximum Gasteiger partial charge on any atom is 0.126 e. The van der Waals surface area contributed by atoms with Gasteiger partial charge in [0.2, 0.25) is 0 Å². The number of hydrogen-bond acceptors (Lipinski definition) is 1. The predicted octanol–water partition coefficient (Wildman–Crippen LogP) is 3.31. The normalized spacial score (nSPS) is 25.7. The molecule has 0 aromatic heterocycles. The van der Waals surface area contributed by atoms with Gasteiger partial charge in [0.1, 0.15) is 11.6 Å². The fourth-order valence-electron chi connectivity index (χ4n) is 1.99. The first-order valence-corrected chi connectivity index (χ1v) is 6.23. The fourth-order valence-corrected chi connectivity index (χ4v) is 2.52. The van der Waals surface area contributed by atoms with E-state index >= 15 is 0 Å². The van der Waals surface area contributed by atoms with E-state index in [1.807, 2.05) is 0 Å². The Hall–Kier alpha value is -0.480. The average molecular weight is 291 g/mol. The van der Waals surface area contributed by atoms with Crippen molar-refractivity contribution in [2.75, 3.05) is 13.2 Å². The highest BCUT2D eigenvalue weighted by molar-refractivity contribution is 9.09. The number of alkyl halides is 1. The maximum atomic E-state index is 13.0. The topological polar surface area (TPSA) is 9.23 Å². The van der Waals surface area contributed by atoms with Crippen molar-refractivity contribution in [2.24, 2.45) is 5.92 Å². The van der Waals surface area contributed by atoms with Gasteiger partial charge < -0.3 is 4.74 Å². The number of halogens is 3. The summed E-state index contributed by atoms with van der Waals surface area (Å²) in [6.45, 7) is 1.40. The molecule has 1 heterocycles. The first kappa shape index (κ1) is 12.0. The molecule has 16 heavy (non-hydrogen) atoms. The van der Waals surface area contributed by atoms with Crippen LogP contribution in [0.1, 0.15) is 12.0 Å². The van der Waals surface area contributed by atoms with Gasteiger partial charge in [0.25, 0.3) is 0 Å². The Morgan fingerprint density at radius 3 is 2.56 bits per heavy atom. The van der Waals surface area contributed by atoms with Gasteiger partial charge in [-0.05, 0) is 36.5 Å². The summed E-state index contributed by atoms with van der Waals surface area (Å²) in [5.41, 5.74) is 0.692. The third-order valence-corrected chi connectivity index (χ3v) is 4.01. The Kier molecular flexibility index (Phi) is 3.92. The van der Waals surface area contributed by atoms with Gasteiger partial charge in [0, 0.05) is 17.5 Å². The quantitative estimate of drug-likeness (QED) is 0.760. The molecule has 1 aromatic rings. The van der Waals surface area contributed by atoms with E-state index in [0.717, 1.165) is 19.1 Å². The number of rotatable bonds is 2. The van der Waals surface area contributed by atoms with Crippen LogP contribution in [0, 0.1) is 17.6 Å². The first-order chi connectivity index (χ1) is 7.65. The molecule has 0 radical (unpaired) electrons. The van der Waals surface area contributed by atoms with Crippen LogP contribution in [-0.2, 0) is 11.2 Å². The van der Waals surface area contributed by atoms with Crippen molar-refractivity contribution >= 4 is 15.9 Å². The van der Waals surface area contributed by atoms with Crippen LogP contribution in [0.25, 0.3) is 0 Å². The van der Waals surface area contributed by atoms with Gasteiger partial charge in [-0.25, -0.2) is 8.78 Å². The van der Waals surface area contributed by atoms with Gasteiger partial charge in [0.15, 0.2) is 0 Å². The third-order valence-electron chi connectivity index (χ3n) is 2.80. The molecule has 0 amide bonds. The van der Waals surface area contributed by atoms with Crippen molar-refractivity contribution in [2.45, 2.75) is 17.7 Å². The van der Waals surface area contributed by atoms with Crippen molar-refractivity contribution in [3.63, 3.8) is 0 Å². The zero-order chi connectivity index (χ0) is 11.5. The SMILES string of the molecule is Fc1cc(F)cc(CC2COCCC2Br)c1. The Balaban J connectivity index is 2.07. The van der Waals surface area contributed by atoms with Crippen LogP contribution in [0.5, 0.6) is 0 Å². The van der Waals surface area contributed by atoms with E-state index in [1.165, 1.54) is 12.1 Å². The molecule has 1 aromatic carbocycles. The van der Waals surface area contributed by atoms with Crippen molar-refractivity contribution in [3.8, 4) is 0 Å². The lowest BCUT2D eigenvalue weighted by molar-refractivity contribution is 0.0605. The lowest BCUT2D eigenvalue weighted by Gasteiger charge is -2.27. The van der Waals surface area contributed by atoms with Crippen LogP contribution < -0.4 is 0 Å². The van der Waals surface area contributed by atoms with Crippen LogP contribution in [0.2, 0.25) is 0 Å². The lowest BCUT2D eigenvalue weighted by Crippen LogP contribution is -2.29. The minimum Gasteiger partial charge on any atom is -0.381 e. The van der Waals surface area contributed by atoms with Crippen LogP contribution in [0.4, 0.5) is 8.78 Å². The van der Waals surface area contributed by atoms with Crippen LogP contribution >= 0.6 is 15.9 Å². The fraction of sp³-hybridized carbons (Fsp3) is 0.500. The molecule has 2 atom stereocenters. The summed E-state index contributed by atoms with van der Waals surface area (Å²) < 4.78 is 31.4. The monoisotopic (exact) mass is 290 g/mol. The van der Waals surface area contributed by atoms with Crippen LogP contribution in [0.15, 0.2) is 18.2 Å². The summed E-state index contributed by atoms with van der Waals surface area (Å²) in [5, 5.41) is 0. The van der Waals surface area contributed by atoms with Gasteiger partial charge in [-0.2, -0.15) is 0 Å². The lowest BCUT2D eigenvalue weighted by atomic mass is 9.94. The summed E-state index contributed by atoms with van der Waals surface area (Å²) in [6.07, 6.45) is 1.59. The number of benzene rings is 1. The first-order valence-electron chi connectivity index (χ1n) is 5.32. The zero-order valence-electron chi connectivity index (χ0n) is 8.76. The van der Waals surface area contributed by atoms with Crippen molar-refractivity contribution in [1.82, 2.24) is 0 Å². The number of hydrogen-bond donors (Lipinski definition) is 0. The minimum atomic E-state index is -0.516. The average Bonchev–Trinajstić information content (AvgIpc) is 2.20. The molecule has 1 fully saturated rings. The smallest absolute Gasteiger partial charge is 0.126 e. The second-order valence-corrected chi connectivity index (χ2v) is 5.30. The van der Waals surface area contributed by atoms with E-state index < -0.39 is 11.6 Å². The summed E-state index contributed by atoms with van der Waals surface area (Å²) in [7, 11) is 0. The molecular formula is C12H13BrF2O. The maximum absolute atomic E-state index is 13.0. The Morgan fingerprint density at radius 1 is 1.25 bits per heavy atom. The Bertz CT molecular complexity index is 350. The van der Waals surface area contributed by atoms with Gasteiger partial charge in [0.05, 0.1) is 6.61 Å². The molecule has 88 valence electrons. The molecule has 0 saturated carbocycles. The van der Waals surface area contributed by atoms with Crippen molar-refractivity contribution in [3.05, 3.63) is 35.4 Å². The standard InChI is InChI=1S/C12H13BrF2O/c13-12-1-2-16-7-9(12)3-8-4-10(14)6-11(15)5-8/h4-6,9,12H,1-3,7H2. The number of ether oxygens (including phenoxy) is 1. The summed E-state index contributed by atoms with van der Waals surface area (Å²) in [6, 6.07) is 3.67. The van der Waals surface area contributed by atoms with Gasteiger partial charge in [-0.1, -0.05) is 15.9 Å². The molecular weight excluding hydrogens is 278 g/mol. The largest absolute Gasteiger partial charge is 0.381 e. The van der Waals surface area contributed by atoms with Gasteiger partial charge in [-0.3, -0.25) is 0 Å². The predicted molar refractivity (Wildman–Crippen MR) is 61.7 cm³/mol. The van der Waals surface area contributed by atoms with E-state index in [0.29, 0.717) is 23.4 Å². The third kappa shape index (κ3) is 3.01. The molecule has 2 unspecified atom stereocenters. The molecule has 1 aliphatic rings. The second kappa shape index (κ2) is 5.23. The van der Waals surface area contributed by atoms with Gasteiger partial charge >= 0.3 is 0 Å². The molecule has 0 spiro atoms. The molecule has 0 aliphatic carbocycles. The highest BCUT2D eigenvalue weighted by Crippen LogP contribution is 2.26. The van der Waals surface area contributed by atoms with E-state index in [-0.39, 0.29) is 5.92 Å². The molecule has 0 N–H and O–H groups in total. The van der Waals surface area contributed by atoms with Gasteiger partial charge in [-0.15, -0.1) is 0 Å². The van der Waals surface area contributed by atoms with E-state index in [9.17, 15) is 8.78 Å². The molecule has 2 rings (SSSR count). The molecule has 1 aliphatic heterocycles. The summed E-state index contributed by atoms with van der Waals surface area (Å²) >= 11 is 3.58. The van der Waals surface area contributed by atoms with Crippen LogP contribution in [-0.4, -0.2) is 18.0 Å². The van der Waals surface area contributed by atoms with Crippen molar-refractivity contribution < 1.29 is 13.5 Å². The van der Waals surface area contributed by atoms with E-state index in [4.69, 9.17) is 4.74 Å². The molecule has 4 heteroatoms. The van der Waals surface area contributed by atoms with Crippen LogP contribution in [0.3, 0.4) is 0 Å². The Morgan fingerprint density at radius 2 is 1.94 bits per heavy atom. The minimum absolute atomic E-state index is 0.287. The van der Waals surface area contributed by atoms with E-state index in [1.54, 1.807) is 0 Å².